The number of carbonyl (C=O) groups is 2. The van der Waals surface area contributed by atoms with Crippen LogP contribution < -0.4 is 5.32 Å². The molecule has 1 aliphatic heterocycles. The van der Waals surface area contributed by atoms with Crippen LogP contribution >= 0.6 is 0 Å². The zero-order valence-corrected chi connectivity index (χ0v) is 16.4. The van der Waals surface area contributed by atoms with Crippen molar-refractivity contribution in [2.75, 3.05) is 39.3 Å². The van der Waals surface area contributed by atoms with E-state index in [1.165, 1.54) is 17.2 Å². The summed E-state index contributed by atoms with van der Waals surface area (Å²) in [4.78, 5) is 31.6. The quantitative estimate of drug-likeness (QED) is 0.603. The van der Waals surface area contributed by atoms with E-state index in [1.54, 1.807) is 17.0 Å². The van der Waals surface area contributed by atoms with Crippen LogP contribution in [0.3, 0.4) is 0 Å². The lowest BCUT2D eigenvalue weighted by molar-refractivity contribution is -0.132. The average Bonchev–Trinajstić information content (AvgIpc) is 3.43. The number of carbonyl (C=O) groups excluding carboxylic acids is 2. The maximum atomic E-state index is 12.4. The Morgan fingerprint density at radius 2 is 1.79 bits per heavy atom. The normalized spacial score (nSPS) is 14.5. The van der Waals surface area contributed by atoms with E-state index in [1.807, 2.05) is 17.0 Å². The molecular formula is C22H26N4O3. The number of furan rings is 1. The molecule has 3 heterocycles. The van der Waals surface area contributed by atoms with Crippen LogP contribution in [-0.2, 0) is 11.2 Å². The summed E-state index contributed by atoms with van der Waals surface area (Å²) >= 11 is 0. The number of piperazine rings is 1. The SMILES string of the molecule is O=C(CCNCCc1c[nH]c2ccccc12)N1CCN(C(=O)c2ccco2)CC1. The zero-order chi connectivity index (χ0) is 20.1. The molecule has 3 aromatic rings. The van der Waals surface area contributed by atoms with E-state index < -0.39 is 0 Å². The van der Waals surface area contributed by atoms with Crippen LogP contribution in [0.15, 0.2) is 53.3 Å². The fraction of sp³-hybridized carbons (Fsp3) is 0.364. The van der Waals surface area contributed by atoms with E-state index in [0.717, 1.165) is 18.5 Å². The third kappa shape index (κ3) is 4.51. The molecule has 0 bridgehead atoms. The number of hydrogen-bond acceptors (Lipinski definition) is 4. The first kappa shape index (κ1) is 19.3. The van der Waals surface area contributed by atoms with Crippen molar-refractivity contribution in [2.45, 2.75) is 12.8 Å². The Bertz CT molecular complexity index is 956. The molecule has 2 amide bonds. The molecule has 0 radical (unpaired) electrons. The van der Waals surface area contributed by atoms with Crippen molar-refractivity contribution >= 4 is 22.7 Å². The van der Waals surface area contributed by atoms with E-state index >= 15 is 0 Å². The summed E-state index contributed by atoms with van der Waals surface area (Å²) in [5, 5.41) is 4.62. The summed E-state index contributed by atoms with van der Waals surface area (Å²) in [7, 11) is 0. The van der Waals surface area contributed by atoms with Gasteiger partial charge in [0.15, 0.2) is 5.76 Å². The number of aromatic nitrogens is 1. The summed E-state index contributed by atoms with van der Waals surface area (Å²) in [6.45, 7) is 3.72. The highest BCUT2D eigenvalue weighted by Crippen LogP contribution is 2.17. The molecule has 29 heavy (non-hydrogen) atoms. The summed E-state index contributed by atoms with van der Waals surface area (Å²) in [5.74, 6) is 0.375. The van der Waals surface area contributed by atoms with Gasteiger partial charge in [0, 0.05) is 56.2 Å². The number of nitrogens with zero attached hydrogens (tertiary/aromatic N) is 2. The van der Waals surface area contributed by atoms with Gasteiger partial charge in [-0.15, -0.1) is 0 Å². The van der Waals surface area contributed by atoms with Gasteiger partial charge < -0.3 is 24.5 Å². The van der Waals surface area contributed by atoms with Crippen molar-refractivity contribution in [3.8, 4) is 0 Å². The van der Waals surface area contributed by atoms with E-state index in [-0.39, 0.29) is 11.8 Å². The predicted molar refractivity (Wildman–Crippen MR) is 111 cm³/mol. The van der Waals surface area contributed by atoms with E-state index in [4.69, 9.17) is 4.42 Å². The van der Waals surface area contributed by atoms with Gasteiger partial charge in [-0.05, 0) is 36.7 Å². The van der Waals surface area contributed by atoms with E-state index in [9.17, 15) is 9.59 Å². The Kier molecular flexibility index (Phi) is 5.95. The van der Waals surface area contributed by atoms with Gasteiger partial charge in [-0.1, -0.05) is 18.2 Å². The monoisotopic (exact) mass is 394 g/mol. The fourth-order valence-electron chi connectivity index (χ4n) is 3.75. The highest BCUT2D eigenvalue weighted by Gasteiger charge is 2.25. The lowest BCUT2D eigenvalue weighted by atomic mass is 10.1. The number of amides is 2. The largest absolute Gasteiger partial charge is 0.459 e. The molecule has 1 saturated heterocycles. The van der Waals surface area contributed by atoms with Crippen molar-refractivity contribution in [3.63, 3.8) is 0 Å². The van der Waals surface area contributed by atoms with Crippen LogP contribution in [0, 0.1) is 0 Å². The molecule has 0 atom stereocenters. The third-order valence-electron chi connectivity index (χ3n) is 5.41. The third-order valence-corrected chi connectivity index (χ3v) is 5.41. The lowest BCUT2D eigenvalue weighted by Gasteiger charge is -2.34. The average molecular weight is 394 g/mol. The van der Waals surface area contributed by atoms with Crippen molar-refractivity contribution in [1.82, 2.24) is 20.1 Å². The van der Waals surface area contributed by atoms with Gasteiger partial charge in [-0.3, -0.25) is 9.59 Å². The van der Waals surface area contributed by atoms with Crippen LogP contribution in [0.1, 0.15) is 22.5 Å². The molecule has 0 unspecified atom stereocenters. The number of fused-ring (bicyclic) bond motifs is 1. The second-order valence-corrected chi connectivity index (χ2v) is 7.26. The Morgan fingerprint density at radius 1 is 1.00 bits per heavy atom. The topological polar surface area (TPSA) is 81.6 Å². The number of hydrogen-bond donors (Lipinski definition) is 2. The Morgan fingerprint density at radius 3 is 2.59 bits per heavy atom. The highest BCUT2D eigenvalue weighted by molar-refractivity contribution is 5.91. The number of H-pyrrole nitrogens is 1. The first-order chi connectivity index (χ1) is 14.2. The first-order valence-corrected chi connectivity index (χ1v) is 10.1. The molecule has 1 aliphatic rings. The molecule has 4 rings (SSSR count). The smallest absolute Gasteiger partial charge is 0.289 e. The Labute approximate surface area is 169 Å². The number of rotatable bonds is 7. The van der Waals surface area contributed by atoms with Crippen LogP contribution in [0.4, 0.5) is 0 Å². The molecule has 0 saturated carbocycles. The minimum Gasteiger partial charge on any atom is -0.459 e. The number of nitrogens with one attached hydrogen (secondary N) is 2. The van der Waals surface area contributed by atoms with Gasteiger partial charge in [-0.2, -0.15) is 0 Å². The van der Waals surface area contributed by atoms with Gasteiger partial charge in [0.25, 0.3) is 5.91 Å². The van der Waals surface area contributed by atoms with Gasteiger partial charge in [0.05, 0.1) is 6.26 Å². The summed E-state index contributed by atoms with van der Waals surface area (Å²) < 4.78 is 5.17. The van der Waals surface area contributed by atoms with E-state index in [2.05, 4.69) is 28.6 Å². The number of aromatic amines is 1. The summed E-state index contributed by atoms with van der Waals surface area (Å²) in [6.07, 6.45) is 4.95. The van der Waals surface area contributed by atoms with Crippen molar-refractivity contribution in [3.05, 3.63) is 60.2 Å². The summed E-state index contributed by atoms with van der Waals surface area (Å²) in [6, 6.07) is 11.7. The fourth-order valence-corrected chi connectivity index (χ4v) is 3.75. The Balaban J connectivity index is 1.15. The molecule has 7 heteroatoms. The van der Waals surface area contributed by atoms with Gasteiger partial charge >= 0.3 is 0 Å². The van der Waals surface area contributed by atoms with E-state index in [0.29, 0.717) is 44.9 Å². The van der Waals surface area contributed by atoms with Gasteiger partial charge in [0.1, 0.15) is 0 Å². The van der Waals surface area contributed by atoms with Crippen molar-refractivity contribution in [1.29, 1.82) is 0 Å². The van der Waals surface area contributed by atoms with Crippen LogP contribution in [0.2, 0.25) is 0 Å². The molecular weight excluding hydrogens is 368 g/mol. The minimum absolute atomic E-state index is 0.110. The van der Waals surface area contributed by atoms with Crippen LogP contribution in [0.5, 0.6) is 0 Å². The molecule has 2 N–H and O–H groups in total. The van der Waals surface area contributed by atoms with Crippen molar-refractivity contribution < 1.29 is 14.0 Å². The second kappa shape index (κ2) is 8.96. The molecule has 0 spiro atoms. The summed E-state index contributed by atoms with van der Waals surface area (Å²) in [5.41, 5.74) is 2.44. The molecule has 2 aromatic heterocycles. The Hall–Kier alpha value is -3.06. The zero-order valence-electron chi connectivity index (χ0n) is 16.4. The standard InChI is InChI=1S/C22H26N4O3/c27-21(25-11-13-26(14-12-25)22(28)20-6-3-15-29-20)8-10-23-9-7-17-16-24-19-5-2-1-4-18(17)19/h1-6,15-16,23-24H,7-14H2. The first-order valence-electron chi connectivity index (χ1n) is 10.1. The molecule has 152 valence electrons. The second-order valence-electron chi connectivity index (χ2n) is 7.26. The van der Waals surface area contributed by atoms with Crippen molar-refractivity contribution in [2.24, 2.45) is 0 Å². The van der Waals surface area contributed by atoms with Gasteiger partial charge in [0.2, 0.25) is 5.91 Å². The van der Waals surface area contributed by atoms with Gasteiger partial charge in [-0.25, -0.2) is 0 Å². The number of benzene rings is 1. The molecule has 1 fully saturated rings. The lowest BCUT2D eigenvalue weighted by Crippen LogP contribution is -2.50. The van der Waals surface area contributed by atoms with Crippen LogP contribution in [-0.4, -0.2) is 65.9 Å². The predicted octanol–water partition coefficient (Wildman–Crippen LogP) is 2.27. The highest BCUT2D eigenvalue weighted by atomic mass is 16.3. The molecule has 0 aliphatic carbocycles. The maximum Gasteiger partial charge on any atom is 0.289 e. The molecule has 1 aromatic carbocycles. The maximum absolute atomic E-state index is 12.4. The van der Waals surface area contributed by atoms with Crippen LogP contribution in [0.25, 0.3) is 10.9 Å². The molecule has 7 nitrogen and oxygen atoms in total. The number of para-hydroxylation sites is 1. The minimum atomic E-state index is -0.110.